The van der Waals surface area contributed by atoms with E-state index in [1.54, 1.807) is 25.1 Å². The molecular formula is C46H79BF2N3O8P. The van der Waals surface area contributed by atoms with Gasteiger partial charge in [0.2, 0.25) is 0 Å². The average Bonchev–Trinajstić information content (AvgIpc) is 3.79. The van der Waals surface area contributed by atoms with Crippen LogP contribution in [0.3, 0.4) is 0 Å². The van der Waals surface area contributed by atoms with Crippen LogP contribution in [0.4, 0.5) is 8.63 Å². The number of likely N-dealkylation sites (N-methyl/N-ethyl adjacent to an activating group) is 1. The number of unbranched alkanes of at least 4 members (excludes halogenated alkanes) is 20. The minimum atomic E-state index is -4.66. The van der Waals surface area contributed by atoms with Gasteiger partial charge in [0.05, 0.1) is 27.7 Å². The smallest absolute Gasteiger partial charge is 0.737 e. The van der Waals surface area contributed by atoms with Gasteiger partial charge in [0.1, 0.15) is 25.5 Å². The lowest BCUT2D eigenvalue weighted by Gasteiger charge is -2.30. The van der Waals surface area contributed by atoms with Crippen molar-refractivity contribution >= 4 is 38.5 Å². The number of carbonyl (C=O) groups excluding carboxylic acids is 2. The number of allylic oxidation sites excluding steroid dienone is 2. The third-order valence-electron chi connectivity index (χ3n) is 11.6. The van der Waals surface area contributed by atoms with Gasteiger partial charge in [-0.15, -0.1) is 0 Å². The molecule has 0 spiro atoms. The van der Waals surface area contributed by atoms with Crippen LogP contribution in [0, 0.1) is 6.92 Å². The van der Waals surface area contributed by atoms with E-state index < -0.39 is 39.4 Å². The molecule has 1 aromatic heterocycles. The van der Waals surface area contributed by atoms with Crippen LogP contribution in [-0.4, -0.2) is 91.7 Å². The molecule has 0 radical (unpaired) electrons. The first-order chi connectivity index (χ1) is 29.1. The maximum absolute atomic E-state index is 15.5. The molecule has 11 nitrogen and oxygen atoms in total. The van der Waals surface area contributed by atoms with E-state index in [-0.39, 0.29) is 26.1 Å². The maximum Gasteiger partial charge on any atom is 0.737 e. The summed E-state index contributed by atoms with van der Waals surface area (Å²) in [6.07, 6.45) is 29.5. The Kier molecular flexibility index (Phi) is 24.4. The van der Waals surface area contributed by atoms with E-state index in [1.807, 2.05) is 33.3 Å². The molecule has 0 amide bonds. The third kappa shape index (κ3) is 21.1. The molecule has 0 N–H and O–H groups in total. The predicted molar refractivity (Wildman–Crippen MR) is 239 cm³/mol. The summed E-state index contributed by atoms with van der Waals surface area (Å²) >= 11 is 0. The SMILES string of the molecule is CCCCCCCCCCCCCCCC(=O)OCC(COP(=O)([O-])OCC[N+](C)(C)C)OC(=O)CCCCCCCCCCCC1=[N+]2C(=Cc3ccc(C)n3[B-]2(F)F)C=C1. The molecule has 0 saturated heterocycles. The minimum Gasteiger partial charge on any atom is -0.756 e. The first-order valence-electron chi connectivity index (χ1n) is 23.6. The van der Waals surface area contributed by atoms with Gasteiger partial charge in [-0.2, -0.15) is 0 Å². The fraction of sp³-hybridized carbons (Fsp3) is 0.761. The van der Waals surface area contributed by atoms with Crippen LogP contribution in [-0.2, 0) is 32.7 Å². The Bertz CT molecular complexity index is 1610. The molecular weight excluding hydrogens is 802 g/mol. The summed E-state index contributed by atoms with van der Waals surface area (Å²) in [5, 5.41) is 0. The Morgan fingerprint density at radius 1 is 0.754 bits per heavy atom. The number of aryl methyl sites for hydroxylation is 1. The van der Waals surface area contributed by atoms with E-state index in [2.05, 4.69) is 6.92 Å². The van der Waals surface area contributed by atoms with Gasteiger partial charge in [0, 0.05) is 43.2 Å². The molecule has 15 heteroatoms. The van der Waals surface area contributed by atoms with Gasteiger partial charge >= 0.3 is 18.9 Å². The summed E-state index contributed by atoms with van der Waals surface area (Å²) < 4.78 is 67.3. The summed E-state index contributed by atoms with van der Waals surface area (Å²) in [5.74, 6) is -0.915. The number of phosphoric ester groups is 1. The number of aromatic nitrogens is 1. The number of nitrogens with zero attached hydrogens (tertiary/aromatic N) is 3. The molecule has 2 aliphatic rings. The van der Waals surface area contributed by atoms with Crippen LogP contribution in [0.5, 0.6) is 0 Å². The second kappa shape index (κ2) is 28.2. The summed E-state index contributed by atoms with van der Waals surface area (Å²) in [7, 11) is 1.07. The van der Waals surface area contributed by atoms with Crippen LogP contribution in [0.2, 0.25) is 0 Å². The Morgan fingerprint density at radius 3 is 1.84 bits per heavy atom. The van der Waals surface area contributed by atoms with Crippen molar-refractivity contribution in [3.8, 4) is 0 Å². The van der Waals surface area contributed by atoms with Crippen molar-refractivity contribution in [3.05, 3.63) is 41.4 Å². The lowest BCUT2D eigenvalue weighted by atomic mass is 9.90. The van der Waals surface area contributed by atoms with Crippen LogP contribution in [0.1, 0.15) is 179 Å². The number of quaternary nitrogens is 1. The van der Waals surface area contributed by atoms with E-state index in [0.717, 1.165) is 75.1 Å². The highest BCUT2D eigenvalue weighted by Crippen LogP contribution is 2.38. The molecule has 2 unspecified atom stereocenters. The molecule has 0 saturated carbocycles. The fourth-order valence-electron chi connectivity index (χ4n) is 7.94. The number of hydrogen-bond acceptors (Lipinski definition) is 8. The third-order valence-corrected chi connectivity index (χ3v) is 12.5. The Labute approximate surface area is 366 Å². The minimum absolute atomic E-state index is 0.0574. The van der Waals surface area contributed by atoms with Gasteiger partial charge in [-0.1, -0.05) is 129 Å². The number of halogens is 2. The standard InChI is InChI=1S/C46H79BF2N3O8P/c1-6-7-8-9-10-11-12-13-14-17-20-23-26-29-45(53)57-38-44(39-59-61(55,56)58-36-35-52(3,4)5)60-46(54)30-27-24-21-18-15-16-19-22-25-28-41-33-34-43-37-42-32-31-40(2)50(42)47(48,49)51(41)43/h31-34,37,44H,6-30,35-36,38-39H2,1-5H3. The lowest BCUT2D eigenvalue weighted by Crippen LogP contribution is -2.50. The first-order valence-corrected chi connectivity index (χ1v) is 25.1. The zero-order chi connectivity index (χ0) is 44.6. The number of carbonyl (C=O) groups is 2. The van der Waals surface area contributed by atoms with E-state index in [1.165, 1.54) is 62.3 Å². The molecule has 348 valence electrons. The van der Waals surface area contributed by atoms with Gasteiger partial charge in [0.25, 0.3) is 7.82 Å². The van der Waals surface area contributed by atoms with Gasteiger partial charge in [-0.3, -0.25) is 14.2 Å². The van der Waals surface area contributed by atoms with Gasteiger partial charge < -0.3 is 45.5 Å². The molecule has 0 aromatic carbocycles. The van der Waals surface area contributed by atoms with Crippen molar-refractivity contribution in [2.75, 3.05) is 47.5 Å². The van der Waals surface area contributed by atoms with E-state index in [0.29, 0.717) is 53.1 Å². The number of esters is 2. The van der Waals surface area contributed by atoms with Gasteiger partial charge in [-0.25, -0.2) is 0 Å². The van der Waals surface area contributed by atoms with E-state index in [4.69, 9.17) is 18.5 Å². The lowest BCUT2D eigenvalue weighted by molar-refractivity contribution is -0.870. The number of hydrogen-bond donors (Lipinski definition) is 0. The quantitative estimate of drug-likeness (QED) is 0.0215. The first kappa shape index (κ1) is 52.7. The number of fused-ring (bicyclic) bond motifs is 2. The Balaban J connectivity index is 1.27. The summed E-state index contributed by atoms with van der Waals surface area (Å²) in [5.41, 5.74) is 2.35. The molecule has 1 aromatic rings. The maximum atomic E-state index is 15.5. The predicted octanol–water partition coefficient (Wildman–Crippen LogP) is 10.8. The highest BCUT2D eigenvalue weighted by Gasteiger charge is 2.51. The Hall–Kier alpha value is -2.64. The Morgan fingerprint density at radius 2 is 1.28 bits per heavy atom. The largest absolute Gasteiger partial charge is 0.756 e. The number of phosphoric acid groups is 1. The zero-order valence-electron chi connectivity index (χ0n) is 38.4. The summed E-state index contributed by atoms with van der Waals surface area (Å²) in [6, 6.07) is 3.49. The summed E-state index contributed by atoms with van der Waals surface area (Å²) in [6.45, 7) is -0.349. The van der Waals surface area contributed by atoms with Crippen LogP contribution in [0.25, 0.3) is 6.08 Å². The molecule has 0 aliphatic carbocycles. The van der Waals surface area contributed by atoms with Crippen molar-refractivity contribution in [3.63, 3.8) is 0 Å². The van der Waals surface area contributed by atoms with E-state index >= 15 is 8.63 Å². The molecule has 0 bridgehead atoms. The molecule has 61 heavy (non-hydrogen) atoms. The van der Waals surface area contributed by atoms with Crippen LogP contribution >= 0.6 is 7.82 Å². The highest BCUT2D eigenvalue weighted by molar-refractivity contribution is 7.45. The highest BCUT2D eigenvalue weighted by atomic mass is 31.2. The van der Waals surface area contributed by atoms with Crippen LogP contribution in [0.15, 0.2) is 30.0 Å². The van der Waals surface area contributed by atoms with Crippen molar-refractivity contribution in [2.45, 2.75) is 180 Å². The van der Waals surface area contributed by atoms with Crippen molar-refractivity contribution in [1.29, 1.82) is 0 Å². The normalized spacial score (nSPS) is 16.0. The average molecular weight is 882 g/mol. The van der Waals surface area contributed by atoms with Gasteiger partial charge in [-0.05, 0) is 44.0 Å². The second-order valence-electron chi connectivity index (χ2n) is 18.2. The van der Waals surface area contributed by atoms with E-state index in [9.17, 15) is 19.0 Å². The molecule has 0 fully saturated rings. The number of ether oxygens (including phenoxy) is 2. The van der Waals surface area contributed by atoms with Gasteiger partial charge in [0.15, 0.2) is 11.8 Å². The van der Waals surface area contributed by atoms with Crippen LogP contribution < -0.4 is 4.89 Å². The molecule has 2 aliphatic heterocycles. The topological polar surface area (TPSA) is 119 Å². The number of rotatable bonds is 36. The molecule has 3 rings (SSSR count). The second-order valence-corrected chi connectivity index (χ2v) is 19.6. The van der Waals surface area contributed by atoms with Crippen molar-refractivity contribution in [2.24, 2.45) is 0 Å². The molecule has 3 heterocycles. The summed E-state index contributed by atoms with van der Waals surface area (Å²) in [4.78, 5) is 37.7. The van der Waals surface area contributed by atoms with Crippen molar-refractivity contribution < 1.29 is 55.2 Å². The fourth-order valence-corrected chi connectivity index (χ4v) is 8.67. The molecule has 2 atom stereocenters. The van der Waals surface area contributed by atoms with Crippen molar-refractivity contribution in [1.82, 2.24) is 4.48 Å². The zero-order valence-corrected chi connectivity index (χ0v) is 39.3. The monoisotopic (exact) mass is 882 g/mol.